The summed E-state index contributed by atoms with van der Waals surface area (Å²) in [5.41, 5.74) is -0.0132. The molecule has 0 spiro atoms. The van der Waals surface area contributed by atoms with Crippen LogP contribution in [0.1, 0.15) is 77.2 Å². The first-order chi connectivity index (χ1) is 14.0. The number of ether oxygens (including phenoxy) is 2. The van der Waals surface area contributed by atoms with Gasteiger partial charge in [0.2, 0.25) is 5.91 Å². The summed E-state index contributed by atoms with van der Waals surface area (Å²) >= 11 is 0. The Labute approximate surface area is 185 Å². The van der Waals surface area contributed by atoms with Gasteiger partial charge in [-0.25, -0.2) is 0 Å². The number of hydrogen-bond acceptors (Lipinski definition) is 6. The molecular formula is C23H36N2O6. The lowest BCUT2D eigenvalue weighted by Gasteiger charge is -2.18. The number of hydrogen-bond donors (Lipinski definition) is 2. The van der Waals surface area contributed by atoms with Crippen molar-refractivity contribution in [3.8, 4) is 5.75 Å². The minimum Gasteiger partial charge on any atom is -0.461 e. The van der Waals surface area contributed by atoms with Crippen LogP contribution in [0.4, 0.5) is 0 Å². The van der Waals surface area contributed by atoms with Gasteiger partial charge in [-0.3, -0.25) is 19.2 Å². The van der Waals surface area contributed by atoms with Crippen LogP contribution in [0.25, 0.3) is 0 Å². The van der Waals surface area contributed by atoms with E-state index in [-0.39, 0.29) is 37.8 Å². The van der Waals surface area contributed by atoms with Crippen LogP contribution < -0.4 is 15.4 Å². The number of amides is 2. The molecule has 0 fully saturated rings. The summed E-state index contributed by atoms with van der Waals surface area (Å²) < 4.78 is 10.4. The lowest BCUT2D eigenvalue weighted by molar-refractivity contribution is -0.143. The van der Waals surface area contributed by atoms with Gasteiger partial charge in [-0.2, -0.15) is 0 Å². The normalized spacial score (nSPS) is 10.5. The van der Waals surface area contributed by atoms with E-state index in [4.69, 9.17) is 9.47 Å². The first-order valence-electron chi connectivity index (χ1n) is 10.1. The van der Waals surface area contributed by atoms with E-state index in [1.807, 2.05) is 6.92 Å². The number of carbonyl (C=O) groups is 4. The second-order valence-electron chi connectivity index (χ2n) is 7.96. The molecule has 0 bridgehead atoms. The number of unbranched alkanes of at least 4 members (excludes halogenated alkanes) is 1. The average molecular weight is 437 g/mol. The molecule has 0 aliphatic heterocycles. The van der Waals surface area contributed by atoms with Gasteiger partial charge in [0.15, 0.2) is 0 Å². The second-order valence-corrected chi connectivity index (χ2v) is 7.96. The summed E-state index contributed by atoms with van der Waals surface area (Å²) in [6.07, 6.45) is 2.20. The van der Waals surface area contributed by atoms with Crippen molar-refractivity contribution in [1.29, 1.82) is 0 Å². The number of nitrogens with one attached hydrogen (secondary N) is 2. The van der Waals surface area contributed by atoms with Gasteiger partial charge < -0.3 is 20.1 Å². The largest absolute Gasteiger partial charge is 0.461 e. The summed E-state index contributed by atoms with van der Waals surface area (Å²) in [6.45, 7) is 8.95. The number of rotatable bonds is 10. The maximum absolute atomic E-state index is 12.7. The molecule has 8 nitrogen and oxygen atoms in total. The molecule has 2 amide bonds. The Bertz CT molecular complexity index is 768. The third-order valence-electron chi connectivity index (χ3n) is 4.04. The van der Waals surface area contributed by atoms with Crippen molar-refractivity contribution < 1.29 is 28.7 Å². The topological polar surface area (TPSA) is 111 Å². The van der Waals surface area contributed by atoms with Crippen molar-refractivity contribution in [2.75, 3.05) is 13.1 Å². The molecule has 2 N–H and O–H groups in total. The van der Waals surface area contributed by atoms with Gasteiger partial charge in [0.25, 0.3) is 5.91 Å². The Morgan fingerprint density at radius 3 is 2.26 bits per heavy atom. The van der Waals surface area contributed by atoms with E-state index >= 15 is 0 Å². The number of esters is 2. The van der Waals surface area contributed by atoms with Gasteiger partial charge in [-0.1, -0.05) is 26.8 Å². The van der Waals surface area contributed by atoms with Crippen molar-refractivity contribution in [1.82, 2.24) is 10.6 Å². The van der Waals surface area contributed by atoms with Crippen molar-refractivity contribution in [3.05, 3.63) is 29.3 Å². The van der Waals surface area contributed by atoms with Crippen LogP contribution in [0, 0.1) is 5.41 Å². The van der Waals surface area contributed by atoms with Gasteiger partial charge in [0, 0.05) is 26.4 Å². The molecule has 0 aliphatic carbocycles. The van der Waals surface area contributed by atoms with Crippen LogP contribution in [0.15, 0.2) is 18.2 Å². The second kappa shape index (κ2) is 13.4. The zero-order valence-corrected chi connectivity index (χ0v) is 18.4. The van der Waals surface area contributed by atoms with Crippen molar-refractivity contribution in [2.45, 2.75) is 67.9 Å². The molecule has 0 radical (unpaired) electrons. The molecule has 0 aliphatic rings. The summed E-state index contributed by atoms with van der Waals surface area (Å²) in [6, 6.07) is 4.65. The monoisotopic (exact) mass is 436 g/mol. The van der Waals surface area contributed by atoms with Crippen LogP contribution in [-0.2, 0) is 25.7 Å². The Morgan fingerprint density at radius 1 is 1.03 bits per heavy atom. The maximum Gasteiger partial charge on any atom is 0.316 e. The average Bonchev–Trinajstić information content (AvgIpc) is 2.67. The van der Waals surface area contributed by atoms with Crippen LogP contribution in [0.2, 0.25) is 0 Å². The highest BCUT2D eigenvalue weighted by Crippen LogP contribution is 2.25. The Hall–Kier alpha value is -2.90. The first-order valence-corrected chi connectivity index (χ1v) is 10.1. The Balaban J connectivity index is 0.00000900. The third kappa shape index (κ3) is 10.6. The van der Waals surface area contributed by atoms with E-state index in [9.17, 15) is 19.2 Å². The van der Waals surface area contributed by atoms with Crippen LogP contribution in [0.5, 0.6) is 5.75 Å². The predicted molar refractivity (Wildman–Crippen MR) is 119 cm³/mol. The minimum atomic E-state index is -0.743. The molecule has 1 rings (SSSR count). The molecule has 0 aromatic heterocycles. The Morgan fingerprint density at radius 2 is 1.68 bits per heavy atom. The van der Waals surface area contributed by atoms with Crippen LogP contribution >= 0.6 is 0 Å². The van der Waals surface area contributed by atoms with Crippen molar-refractivity contribution in [3.63, 3.8) is 0 Å². The molecule has 8 heteroatoms. The number of carbonyl (C=O) groups excluding carboxylic acids is 4. The molecule has 1 aromatic rings. The standard InChI is InChI=1S/C22H32N2O6.CH4/c1-6-7-8-19(26)23-11-12-24-20(27)17-13-16(14-29-15(2)25)9-10-18(17)30-21(28)22(3,4)5;/h9-10,13H,6-8,11-12,14H2,1-5H3,(H,23,26)(H,24,27);1H4. The van der Waals surface area contributed by atoms with E-state index in [1.54, 1.807) is 26.8 Å². The number of benzene rings is 1. The predicted octanol–water partition coefficient (Wildman–Crippen LogP) is 3.37. The fourth-order valence-corrected chi connectivity index (χ4v) is 2.27. The highest BCUT2D eigenvalue weighted by atomic mass is 16.5. The molecule has 31 heavy (non-hydrogen) atoms. The first kappa shape index (κ1) is 28.1. The van der Waals surface area contributed by atoms with E-state index in [2.05, 4.69) is 10.6 Å². The third-order valence-corrected chi connectivity index (χ3v) is 4.04. The Kier molecular flexibility index (Phi) is 12.2. The summed E-state index contributed by atoms with van der Waals surface area (Å²) in [5.74, 6) is -1.32. The highest BCUT2D eigenvalue weighted by Gasteiger charge is 2.26. The maximum atomic E-state index is 12.7. The molecule has 174 valence electrons. The minimum absolute atomic E-state index is 0. The van der Waals surface area contributed by atoms with E-state index in [0.29, 0.717) is 18.5 Å². The molecule has 0 heterocycles. The van der Waals surface area contributed by atoms with E-state index in [1.165, 1.54) is 19.1 Å². The van der Waals surface area contributed by atoms with Gasteiger partial charge >= 0.3 is 11.9 Å². The summed E-state index contributed by atoms with van der Waals surface area (Å²) in [5, 5.41) is 5.44. The van der Waals surface area contributed by atoms with Crippen molar-refractivity contribution >= 4 is 23.8 Å². The zero-order valence-electron chi connectivity index (χ0n) is 18.4. The molecule has 0 saturated heterocycles. The van der Waals surface area contributed by atoms with Gasteiger partial charge in [0.1, 0.15) is 12.4 Å². The lowest BCUT2D eigenvalue weighted by Crippen LogP contribution is -2.35. The molecular weight excluding hydrogens is 400 g/mol. The van der Waals surface area contributed by atoms with E-state index < -0.39 is 23.3 Å². The zero-order chi connectivity index (χ0) is 22.7. The van der Waals surface area contributed by atoms with Crippen LogP contribution in [0.3, 0.4) is 0 Å². The highest BCUT2D eigenvalue weighted by molar-refractivity contribution is 5.98. The van der Waals surface area contributed by atoms with E-state index in [0.717, 1.165) is 12.8 Å². The quantitative estimate of drug-likeness (QED) is 0.330. The van der Waals surface area contributed by atoms with Gasteiger partial charge in [-0.05, 0) is 44.9 Å². The molecule has 0 unspecified atom stereocenters. The van der Waals surface area contributed by atoms with Crippen molar-refractivity contribution in [2.24, 2.45) is 5.41 Å². The molecule has 1 aromatic carbocycles. The van der Waals surface area contributed by atoms with Gasteiger partial charge in [0.05, 0.1) is 11.0 Å². The summed E-state index contributed by atoms with van der Waals surface area (Å²) in [7, 11) is 0. The van der Waals surface area contributed by atoms with Gasteiger partial charge in [-0.15, -0.1) is 0 Å². The fourth-order valence-electron chi connectivity index (χ4n) is 2.27. The molecule has 0 atom stereocenters. The SMILES string of the molecule is C.CCCCC(=O)NCCNC(=O)c1cc(COC(C)=O)ccc1OC(=O)C(C)(C)C. The van der Waals surface area contributed by atoms with Crippen LogP contribution in [-0.4, -0.2) is 36.8 Å². The lowest BCUT2D eigenvalue weighted by atomic mass is 9.97. The summed E-state index contributed by atoms with van der Waals surface area (Å²) in [4.78, 5) is 47.6. The fraction of sp³-hybridized carbons (Fsp3) is 0.565. The molecule has 0 saturated carbocycles. The smallest absolute Gasteiger partial charge is 0.316 e.